The predicted octanol–water partition coefficient (Wildman–Crippen LogP) is 2.76. The third kappa shape index (κ3) is 5.40. The molecule has 0 radical (unpaired) electrons. The number of H-pyrrole nitrogens is 1. The smallest absolute Gasteiger partial charge is 0.408 e. The Kier molecular flexibility index (Phi) is 6.82. The molecule has 0 bridgehead atoms. The van der Waals surface area contributed by atoms with E-state index in [1.165, 1.54) is 6.33 Å². The van der Waals surface area contributed by atoms with Crippen molar-refractivity contribution in [1.82, 2.24) is 25.6 Å². The number of piperidine rings is 1. The first-order chi connectivity index (χ1) is 17.1. The summed E-state index contributed by atoms with van der Waals surface area (Å²) in [7, 11) is 0. The van der Waals surface area contributed by atoms with E-state index >= 15 is 0 Å². The van der Waals surface area contributed by atoms with Crippen LogP contribution in [0.5, 0.6) is 0 Å². The van der Waals surface area contributed by atoms with Crippen molar-refractivity contribution in [2.45, 2.75) is 50.8 Å². The molecule has 1 saturated heterocycles. The van der Waals surface area contributed by atoms with Crippen molar-refractivity contribution in [3.63, 3.8) is 0 Å². The minimum absolute atomic E-state index is 0.217. The van der Waals surface area contributed by atoms with Gasteiger partial charge in [0.1, 0.15) is 28.9 Å². The molecule has 1 atom stereocenters. The molecule has 2 amide bonds. The molecule has 11 heteroatoms. The lowest BCUT2D eigenvalue weighted by molar-refractivity contribution is -0.143. The number of aromatic amines is 1. The number of anilines is 1. The summed E-state index contributed by atoms with van der Waals surface area (Å²) in [6, 6.07) is 9.05. The maximum atomic E-state index is 13.6. The van der Waals surface area contributed by atoms with Crippen molar-refractivity contribution < 1.29 is 24.2 Å². The van der Waals surface area contributed by atoms with Gasteiger partial charge in [-0.15, -0.1) is 0 Å². The van der Waals surface area contributed by atoms with Crippen molar-refractivity contribution >= 4 is 34.8 Å². The Balaban J connectivity index is 1.58. The predicted molar refractivity (Wildman–Crippen MR) is 132 cm³/mol. The number of hydrogen-bond acceptors (Lipinski definition) is 7. The first-order valence-corrected chi connectivity index (χ1v) is 11.7. The maximum Gasteiger partial charge on any atom is 0.408 e. The van der Waals surface area contributed by atoms with Gasteiger partial charge in [-0.25, -0.2) is 19.6 Å². The molecule has 0 saturated carbocycles. The first-order valence-electron chi connectivity index (χ1n) is 11.7. The summed E-state index contributed by atoms with van der Waals surface area (Å²) in [5.74, 6) is -1.06. The molecule has 0 spiro atoms. The largest absolute Gasteiger partial charge is 0.479 e. The molecule has 190 valence electrons. The molecule has 1 aromatic carbocycles. The van der Waals surface area contributed by atoms with Gasteiger partial charge >= 0.3 is 12.1 Å². The quantitative estimate of drug-likeness (QED) is 0.409. The van der Waals surface area contributed by atoms with Crippen molar-refractivity contribution in [1.29, 1.82) is 0 Å². The molecule has 4 N–H and O–H groups in total. The highest BCUT2D eigenvalue weighted by Crippen LogP contribution is 2.30. The van der Waals surface area contributed by atoms with Gasteiger partial charge in [-0.2, -0.15) is 0 Å². The summed E-state index contributed by atoms with van der Waals surface area (Å²) < 4.78 is 5.43. The van der Waals surface area contributed by atoms with E-state index in [-0.39, 0.29) is 12.8 Å². The standard InChI is InChI=1S/C25H30N6O5/c1-24(2,3)36-23(35)30-25(22(34)29-18(21(32)33)16-7-5-4-6-8-16)10-13-31(14-11-25)20-17-9-12-26-19(17)27-15-28-20/h4-9,12,15,18H,10-11,13-14H2,1-3H3,(H,29,34)(H,30,35)(H,32,33)(H,26,27,28). The zero-order chi connectivity index (χ0) is 25.9. The summed E-state index contributed by atoms with van der Waals surface area (Å²) >= 11 is 0. The molecule has 0 aliphatic carbocycles. The van der Waals surface area contributed by atoms with Gasteiger partial charge in [0.2, 0.25) is 5.91 Å². The van der Waals surface area contributed by atoms with Crippen LogP contribution in [0.2, 0.25) is 0 Å². The van der Waals surface area contributed by atoms with Crippen LogP contribution in [-0.2, 0) is 14.3 Å². The molecular weight excluding hydrogens is 464 g/mol. The maximum absolute atomic E-state index is 13.6. The van der Waals surface area contributed by atoms with Crippen LogP contribution in [0, 0.1) is 0 Å². The number of alkyl carbamates (subject to hydrolysis) is 1. The molecule has 2 aromatic heterocycles. The van der Waals surface area contributed by atoms with Gasteiger partial charge in [0, 0.05) is 19.3 Å². The van der Waals surface area contributed by atoms with E-state index in [1.807, 2.05) is 11.0 Å². The average molecular weight is 495 g/mol. The van der Waals surface area contributed by atoms with Crippen LogP contribution in [0.3, 0.4) is 0 Å². The van der Waals surface area contributed by atoms with Crippen molar-refractivity contribution in [3.8, 4) is 0 Å². The van der Waals surface area contributed by atoms with Crippen LogP contribution in [0.4, 0.5) is 10.6 Å². The molecule has 1 aliphatic heterocycles. The highest BCUT2D eigenvalue weighted by molar-refractivity contribution is 5.94. The van der Waals surface area contributed by atoms with E-state index in [9.17, 15) is 19.5 Å². The fourth-order valence-corrected chi connectivity index (χ4v) is 4.32. The van der Waals surface area contributed by atoms with E-state index < -0.39 is 35.2 Å². The highest BCUT2D eigenvalue weighted by Gasteiger charge is 2.45. The molecule has 4 rings (SSSR count). The second-order valence-corrected chi connectivity index (χ2v) is 9.79. The van der Waals surface area contributed by atoms with E-state index in [0.717, 1.165) is 11.2 Å². The molecule has 1 unspecified atom stereocenters. The van der Waals surface area contributed by atoms with Gasteiger partial charge in [-0.3, -0.25) is 4.79 Å². The van der Waals surface area contributed by atoms with Crippen molar-refractivity contribution in [2.75, 3.05) is 18.0 Å². The van der Waals surface area contributed by atoms with Gasteiger partial charge in [0.15, 0.2) is 6.04 Å². The summed E-state index contributed by atoms with van der Waals surface area (Å²) in [4.78, 5) is 52.1. The van der Waals surface area contributed by atoms with Gasteiger partial charge in [0.05, 0.1) is 5.39 Å². The average Bonchev–Trinajstić information content (AvgIpc) is 3.31. The number of carboxylic acids is 1. The second kappa shape index (κ2) is 9.84. The lowest BCUT2D eigenvalue weighted by Crippen LogP contribution is -2.64. The van der Waals surface area contributed by atoms with E-state index in [1.54, 1.807) is 57.3 Å². The second-order valence-electron chi connectivity index (χ2n) is 9.79. The Morgan fingerprint density at radius 2 is 1.81 bits per heavy atom. The number of rotatable bonds is 6. The number of nitrogens with zero attached hydrogens (tertiary/aromatic N) is 3. The molecule has 1 fully saturated rings. The van der Waals surface area contributed by atoms with Crippen LogP contribution >= 0.6 is 0 Å². The fraction of sp³-hybridized carbons (Fsp3) is 0.400. The normalized spacial score (nSPS) is 16.2. The number of aromatic nitrogens is 3. The summed E-state index contributed by atoms with van der Waals surface area (Å²) in [6.07, 6.45) is 2.95. The van der Waals surface area contributed by atoms with Crippen LogP contribution in [-0.4, -0.2) is 62.3 Å². The summed E-state index contributed by atoms with van der Waals surface area (Å²) in [6.45, 7) is 5.98. The first kappa shape index (κ1) is 25.0. The summed E-state index contributed by atoms with van der Waals surface area (Å²) in [5, 5.41) is 16.1. The molecule has 1 aliphatic rings. The zero-order valence-corrected chi connectivity index (χ0v) is 20.4. The monoisotopic (exact) mass is 494 g/mol. The molecule has 3 heterocycles. The minimum Gasteiger partial charge on any atom is -0.479 e. The number of aliphatic carboxylic acids is 1. The number of benzene rings is 1. The number of fused-ring (bicyclic) bond motifs is 1. The lowest BCUT2D eigenvalue weighted by Gasteiger charge is -2.42. The molecule has 36 heavy (non-hydrogen) atoms. The number of amides is 2. The Hall–Kier alpha value is -4.15. The van der Waals surface area contributed by atoms with E-state index in [0.29, 0.717) is 24.3 Å². The van der Waals surface area contributed by atoms with E-state index in [4.69, 9.17) is 4.74 Å². The Morgan fingerprint density at radius 1 is 1.11 bits per heavy atom. The fourth-order valence-electron chi connectivity index (χ4n) is 4.32. The van der Waals surface area contributed by atoms with Crippen LogP contribution in [0.1, 0.15) is 45.2 Å². The number of carbonyl (C=O) groups is 3. The van der Waals surface area contributed by atoms with Gasteiger partial charge in [-0.1, -0.05) is 30.3 Å². The Morgan fingerprint density at radius 3 is 2.44 bits per heavy atom. The Labute approximate surface area is 208 Å². The third-order valence-corrected chi connectivity index (χ3v) is 6.08. The third-order valence-electron chi connectivity index (χ3n) is 6.08. The van der Waals surface area contributed by atoms with E-state index in [2.05, 4.69) is 25.6 Å². The van der Waals surface area contributed by atoms with Gasteiger partial charge < -0.3 is 30.4 Å². The van der Waals surface area contributed by atoms with Gasteiger partial charge in [0.25, 0.3) is 0 Å². The summed E-state index contributed by atoms with van der Waals surface area (Å²) in [5.41, 5.74) is -1.00. The Bertz CT molecular complexity index is 1240. The SMILES string of the molecule is CC(C)(C)OC(=O)NC1(C(=O)NC(C(=O)O)c2ccccc2)CCN(c2ncnc3[nH]ccc23)CC1. The van der Waals surface area contributed by atoms with Crippen LogP contribution in [0.25, 0.3) is 11.0 Å². The number of ether oxygens (including phenoxy) is 1. The highest BCUT2D eigenvalue weighted by atomic mass is 16.6. The minimum atomic E-state index is -1.37. The van der Waals surface area contributed by atoms with Crippen LogP contribution in [0.15, 0.2) is 48.9 Å². The molecular formula is C25H30N6O5. The number of nitrogens with one attached hydrogen (secondary N) is 3. The van der Waals surface area contributed by atoms with Crippen molar-refractivity contribution in [3.05, 3.63) is 54.5 Å². The number of hydrogen-bond donors (Lipinski definition) is 4. The topological polar surface area (TPSA) is 150 Å². The molecule has 11 nitrogen and oxygen atoms in total. The lowest BCUT2D eigenvalue weighted by atomic mass is 9.85. The number of carbonyl (C=O) groups excluding carboxylic acids is 2. The molecule has 3 aromatic rings. The van der Waals surface area contributed by atoms with Gasteiger partial charge in [-0.05, 0) is 45.2 Å². The number of carboxylic acid groups (broad SMARTS) is 1. The zero-order valence-electron chi connectivity index (χ0n) is 20.4. The van der Waals surface area contributed by atoms with Crippen LogP contribution < -0.4 is 15.5 Å². The van der Waals surface area contributed by atoms with Crippen molar-refractivity contribution in [2.24, 2.45) is 0 Å².